The van der Waals surface area contributed by atoms with Crippen molar-refractivity contribution in [3.63, 3.8) is 0 Å². The number of carbonyl (C=O) groups excluding carboxylic acids is 1. The Morgan fingerprint density at radius 1 is 1.41 bits per heavy atom. The number of benzene rings is 1. The molecule has 1 aromatic rings. The van der Waals surface area contributed by atoms with Gasteiger partial charge in [0.05, 0.1) is 13.2 Å². The lowest BCUT2D eigenvalue weighted by molar-refractivity contribution is -0.117. The number of hydrogen-bond acceptors (Lipinski definition) is 2. The van der Waals surface area contributed by atoms with Crippen molar-refractivity contribution in [2.75, 3.05) is 7.11 Å². The van der Waals surface area contributed by atoms with E-state index in [9.17, 15) is 4.79 Å². The smallest absolute Gasteiger partial charge is 0.244 e. The average molecular weight is 233 g/mol. The molecule has 3 nitrogen and oxygen atoms in total. The van der Waals surface area contributed by atoms with E-state index in [0.717, 1.165) is 17.7 Å². The van der Waals surface area contributed by atoms with Gasteiger partial charge in [-0.3, -0.25) is 4.79 Å². The van der Waals surface area contributed by atoms with Crippen molar-refractivity contribution in [1.82, 2.24) is 5.32 Å². The van der Waals surface area contributed by atoms with Gasteiger partial charge in [0.1, 0.15) is 5.75 Å². The molecule has 0 aliphatic heterocycles. The summed E-state index contributed by atoms with van der Waals surface area (Å²) in [5.74, 6) is 0.763. The molecule has 1 rings (SSSR count). The number of carbonyl (C=O) groups is 1. The van der Waals surface area contributed by atoms with E-state index in [2.05, 4.69) is 5.32 Å². The summed E-state index contributed by atoms with van der Waals surface area (Å²) in [5.41, 5.74) is 1.09. The van der Waals surface area contributed by atoms with Crippen LogP contribution in [0.5, 0.6) is 5.75 Å². The molecule has 1 N–H and O–H groups in total. The number of rotatable bonds is 5. The molecule has 0 bridgehead atoms. The highest BCUT2D eigenvalue weighted by molar-refractivity contribution is 5.87. The Labute approximate surface area is 102 Å². The number of ether oxygens (including phenoxy) is 1. The van der Waals surface area contributed by atoms with Crippen LogP contribution in [0.4, 0.5) is 0 Å². The van der Waals surface area contributed by atoms with Crippen LogP contribution < -0.4 is 10.1 Å². The largest absolute Gasteiger partial charge is 0.497 e. The average Bonchev–Trinajstić information content (AvgIpc) is 2.36. The molecule has 1 unspecified atom stereocenters. The number of nitrogens with one attached hydrogen (secondary N) is 1. The molecule has 0 heterocycles. The van der Waals surface area contributed by atoms with Crippen LogP contribution in [0, 0.1) is 0 Å². The molecule has 0 saturated carbocycles. The number of amides is 1. The molecule has 17 heavy (non-hydrogen) atoms. The highest BCUT2D eigenvalue weighted by atomic mass is 16.5. The van der Waals surface area contributed by atoms with E-state index in [-0.39, 0.29) is 11.9 Å². The molecule has 0 spiro atoms. The first kappa shape index (κ1) is 13.3. The first-order chi connectivity index (χ1) is 8.21. The van der Waals surface area contributed by atoms with Gasteiger partial charge < -0.3 is 10.1 Å². The van der Waals surface area contributed by atoms with E-state index in [1.54, 1.807) is 13.2 Å². The zero-order valence-electron chi connectivity index (χ0n) is 10.6. The normalized spacial score (nSPS) is 12.4. The maximum atomic E-state index is 11.5. The minimum atomic E-state index is -0.0600. The number of methoxy groups -OCH3 is 1. The molecule has 0 aromatic heterocycles. The van der Waals surface area contributed by atoms with E-state index in [1.807, 2.05) is 38.1 Å². The third-order valence-corrected chi connectivity index (χ3v) is 2.56. The molecule has 1 aromatic carbocycles. The fraction of sp³-hybridized carbons (Fsp3) is 0.357. The summed E-state index contributed by atoms with van der Waals surface area (Å²) in [4.78, 5) is 11.5. The van der Waals surface area contributed by atoms with Crippen molar-refractivity contribution in [2.24, 2.45) is 0 Å². The third kappa shape index (κ3) is 3.94. The fourth-order valence-corrected chi connectivity index (χ4v) is 1.63. The van der Waals surface area contributed by atoms with Crippen LogP contribution >= 0.6 is 0 Å². The Bertz CT molecular complexity index is 382. The van der Waals surface area contributed by atoms with E-state index >= 15 is 0 Å². The summed E-state index contributed by atoms with van der Waals surface area (Å²) in [6.45, 7) is 3.87. The Morgan fingerprint density at radius 2 is 2.06 bits per heavy atom. The molecule has 1 atom stereocenters. The number of hydrogen-bond donors (Lipinski definition) is 1. The third-order valence-electron chi connectivity index (χ3n) is 2.56. The zero-order chi connectivity index (χ0) is 12.7. The molecule has 0 aliphatic rings. The highest BCUT2D eigenvalue weighted by Crippen LogP contribution is 2.19. The van der Waals surface area contributed by atoms with Gasteiger partial charge in [0.15, 0.2) is 0 Å². The van der Waals surface area contributed by atoms with Gasteiger partial charge in [0.2, 0.25) is 5.91 Å². The Balaban J connectivity index is 2.75. The van der Waals surface area contributed by atoms with Crippen molar-refractivity contribution in [3.8, 4) is 5.75 Å². The molecule has 92 valence electrons. The van der Waals surface area contributed by atoms with Crippen molar-refractivity contribution in [2.45, 2.75) is 26.3 Å². The second-order valence-electron chi connectivity index (χ2n) is 3.74. The van der Waals surface area contributed by atoms with Gasteiger partial charge in [-0.15, -0.1) is 0 Å². The lowest BCUT2D eigenvalue weighted by Gasteiger charge is -2.16. The summed E-state index contributed by atoms with van der Waals surface area (Å²) in [7, 11) is 1.64. The molecule has 0 fully saturated rings. The first-order valence-corrected chi connectivity index (χ1v) is 5.78. The molecular weight excluding hydrogens is 214 g/mol. The van der Waals surface area contributed by atoms with E-state index in [1.165, 1.54) is 6.08 Å². The molecule has 1 amide bonds. The zero-order valence-corrected chi connectivity index (χ0v) is 10.6. The summed E-state index contributed by atoms with van der Waals surface area (Å²) in [6.07, 6.45) is 4.12. The summed E-state index contributed by atoms with van der Waals surface area (Å²) in [6, 6.07) is 7.80. The van der Waals surface area contributed by atoms with Crippen LogP contribution in [0.25, 0.3) is 0 Å². The first-order valence-electron chi connectivity index (χ1n) is 5.78. The van der Waals surface area contributed by atoms with E-state index < -0.39 is 0 Å². The minimum Gasteiger partial charge on any atom is -0.497 e. The van der Waals surface area contributed by atoms with Gasteiger partial charge in [0.25, 0.3) is 0 Å². The highest BCUT2D eigenvalue weighted by Gasteiger charge is 2.10. The maximum Gasteiger partial charge on any atom is 0.244 e. The SMILES string of the molecule is CC=CC(=O)NC(CC)c1ccc(OC)cc1. The maximum absolute atomic E-state index is 11.5. The van der Waals surface area contributed by atoms with Crippen molar-refractivity contribution >= 4 is 5.91 Å². The minimum absolute atomic E-state index is 0.0459. The second-order valence-corrected chi connectivity index (χ2v) is 3.74. The molecule has 0 aliphatic carbocycles. The van der Waals surface area contributed by atoms with Gasteiger partial charge >= 0.3 is 0 Å². The van der Waals surface area contributed by atoms with E-state index in [0.29, 0.717) is 0 Å². The van der Waals surface area contributed by atoms with Crippen LogP contribution in [-0.2, 0) is 4.79 Å². The molecule has 0 radical (unpaired) electrons. The fourth-order valence-electron chi connectivity index (χ4n) is 1.63. The summed E-state index contributed by atoms with van der Waals surface area (Å²) < 4.78 is 5.10. The number of allylic oxidation sites excluding steroid dienone is 1. The standard InChI is InChI=1S/C14H19NO2/c1-4-6-14(16)15-13(5-2)11-7-9-12(17-3)10-8-11/h4,6-10,13H,5H2,1-3H3,(H,15,16). The van der Waals surface area contributed by atoms with Crippen molar-refractivity contribution in [1.29, 1.82) is 0 Å². The quantitative estimate of drug-likeness (QED) is 0.794. The van der Waals surface area contributed by atoms with Gasteiger partial charge in [-0.2, -0.15) is 0 Å². The lowest BCUT2D eigenvalue weighted by Crippen LogP contribution is -2.26. The van der Waals surface area contributed by atoms with Crippen molar-refractivity contribution in [3.05, 3.63) is 42.0 Å². The van der Waals surface area contributed by atoms with Crippen molar-refractivity contribution < 1.29 is 9.53 Å². The summed E-state index contributed by atoms with van der Waals surface area (Å²) in [5, 5.41) is 2.95. The van der Waals surface area contributed by atoms with Crippen LogP contribution in [0.15, 0.2) is 36.4 Å². The van der Waals surface area contributed by atoms with Crippen LogP contribution in [-0.4, -0.2) is 13.0 Å². The topological polar surface area (TPSA) is 38.3 Å². The van der Waals surface area contributed by atoms with Crippen LogP contribution in [0.2, 0.25) is 0 Å². The van der Waals surface area contributed by atoms with Crippen LogP contribution in [0.3, 0.4) is 0 Å². The monoisotopic (exact) mass is 233 g/mol. The Kier molecular flexibility index (Phi) is 5.27. The van der Waals surface area contributed by atoms with Gasteiger partial charge in [-0.25, -0.2) is 0 Å². The van der Waals surface area contributed by atoms with E-state index in [4.69, 9.17) is 4.74 Å². The lowest BCUT2D eigenvalue weighted by atomic mass is 10.0. The predicted molar refractivity (Wildman–Crippen MR) is 69.0 cm³/mol. The molecular formula is C14H19NO2. The second kappa shape index (κ2) is 6.74. The molecule has 0 saturated heterocycles. The Hall–Kier alpha value is -1.77. The van der Waals surface area contributed by atoms with Gasteiger partial charge in [-0.05, 0) is 37.1 Å². The predicted octanol–water partition coefficient (Wildman–Crippen LogP) is 2.84. The van der Waals surface area contributed by atoms with Gasteiger partial charge in [0, 0.05) is 0 Å². The van der Waals surface area contributed by atoms with Crippen LogP contribution in [0.1, 0.15) is 31.9 Å². The summed E-state index contributed by atoms with van der Waals surface area (Å²) >= 11 is 0. The van der Waals surface area contributed by atoms with Gasteiger partial charge in [-0.1, -0.05) is 25.1 Å². The Morgan fingerprint density at radius 3 is 2.53 bits per heavy atom. The molecule has 3 heteroatoms.